The fourth-order valence-electron chi connectivity index (χ4n) is 2.66. The van der Waals surface area contributed by atoms with Gasteiger partial charge in [-0.1, -0.05) is 35.0 Å². The van der Waals surface area contributed by atoms with Crippen molar-refractivity contribution < 1.29 is 4.79 Å². The van der Waals surface area contributed by atoms with Crippen molar-refractivity contribution in [3.8, 4) is 0 Å². The normalized spacial score (nSPS) is 12.5. The third-order valence-electron chi connectivity index (χ3n) is 3.91. The number of hydrogen-bond acceptors (Lipinski definition) is 3. The lowest BCUT2D eigenvalue weighted by atomic mass is 10.0. The summed E-state index contributed by atoms with van der Waals surface area (Å²) in [6.45, 7) is 4.04. The topological polar surface area (TPSA) is 46.9 Å². The maximum atomic E-state index is 12.6. The highest BCUT2D eigenvalue weighted by atomic mass is 79.9. The fraction of sp³-hybridized carbons (Fsp3) is 0.294. The molecule has 0 radical (unpaired) electrons. The Bertz CT molecular complexity index is 816. The smallest absolute Gasteiger partial charge is 0.261 e. The Morgan fingerprint density at radius 3 is 2.70 bits per heavy atom. The molecule has 1 aromatic carbocycles. The highest BCUT2D eigenvalue weighted by molar-refractivity contribution is 9.10. The van der Waals surface area contributed by atoms with E-state index in [1.165, 1.54) is 11.3 Å². The number of benzene rings is 1. The summed E-state index contributed by atoms with van der Waals surface area (Å²) in [5, 5.41) is 8.56. The van der Waals surface area contributed by atoms with Crippen molar-refractivity contribution in [2.45, 2.75) is 26.3 Å². The number of rotatable bonds is 4. The molecule has 6 heteroatoms. The number of aromatic nitrogens is 2. The molecule has 120 valence electrons. The minimum atomic E-state index is -0.0274. The maximum absolute atomic E-state index is 12.6. The second-order valence-corrected chi connectivity index (χ2v) is 7.47. The lowest BCUT2D eigenvalue weighted by Gasteiger charge is -2.17. The van der Waals surface area contributed by atoms with Crippen LogP contribution >= 0.6 is 27.3 Å². The average molecular weight is 392 g/mol. The zero-order valence-corrected chi connectivity index (χ0v) is 15.7. The zero-order chi connectivity index (χ0) is 16.6. The molecular weight excluding hydrogens is 374 g/mol. The molecule has 4 nitrogen and oxygen atoms in total. The number of nitrogens with zero attached hydrogens (tertiary/aromatic N) is 2. The van der Waals surface area contributed by atoms with Gasteiger partial charge in [-0.25, -0.2) is 0 Å². The molecule has 0 aliphatic rings. The van der Waals surface area contributed by atoms with Gasteiger partial charge in [-0.2, -0.15) is 5.10 Å². The molecule has 3 rings (SSSR count). The van der Waals surface area contributed by atoms with E-state index in [1.807, 2.05) is 49.0 Å². The number of thiophene rings is 1. The Morgan fingerprint density at radius 2 is 2.09 bits per heavy atom. The first-order valence-corrected chi connectivity index (χ1v) is 9.10. The van der Waals surface area contributed by atoms with Crippen molar-refractivity contribution in [1.82, 2.24) is 15.1 Å². The number of amides is 1. The van der Waals surface area contributed by atoms with E-state index in [2.05, 4.69) is 33.3 Å². The maximum Gasteiger partial charge on any atom is 0.261 e. The second-order valence-electron chi connectivity index (χ2n) is 5.52. The summed E-state index contributed by atoms with van der Waals surface area (Å²) in [6.07, 6.45) is 0.846. The Labute approximate surface area is 147 Å². The molecule has 0 aliphatic heterocycles. The quantitative estimate of drug-likeness (QED) is 0.706. The first-order chi connectivity index (χ1) is 11.0. The van der Waals surface area contributed by atoms with Crippen LogP contribution in [0.1, 0.15) is 40.3 Å². The molecule has 0 fully saturated rings. The van der Waals surface area contributed by atoms with E-state index in [4.69, 9.17) is 0 Å². The van der Waals surface area contributed by atoms with Crippen molar-refractivity contribution in [2.24, 2.45) is 7.05 Å². The molecule has 0 bridgehead atoms. The van der Waals surface area contributed by atoms with Gasteiger partial charge in [-0.05, 0) is 37.1 Å². The van der Waals surface area contributed by atoms with E-state index in [0.29, 0.717) is 0 Å². The van der Waals surface area contributed by atoms with Gasteiger partial charge in [0.05, 0.1) is 16.6 Å². The minimum Gasteiger partial charge on any atom is -0.345 e. The highest BCUT2D eigenvalue weighted by Gasteiger charge is 2.18. The molecule has 0 unspecified atom stereocenters. The van der Waals surface area contributed by atoms with Gasteiger partial charge < -0.3 is 5.32 Å². The van der Waals surface area contributed by atoms with Gasteiger partial charge in [0.1, 0.15) is 4.83 Å². The third-order valence-corrected chi connectivity index (χ3v) is 5.64. The van der Waals surface area contributed by atoms with Crippen LogP contribution in [0.3, 0.4) is 0 Å². The predicted octanol–water partition coefficient (Wildman–Crippen LogP) is 4.59. The lowest BCUT2D eigenvalue weighted by Crippen LogP contribution is -2.27. The van der Waals surface area contributed by atoms with E-state index in [-0.39, 0.29) is 11.9 Å². The van der Waals surface area contributed by atoms with E-state index in [1.54, 1.807) is 0 Å². The van der Waals surface area contributed by atoms with E-state index in [9.17, 15) is 4.79 Å². The first kappa shape index (κ1) is 16.2. The molecule has 2 aromatic heterocycles. The molecular formula is C17H18BrN3OS. The number of nitrogens with one attached hydrogen (secondary N) is 1. The molecule has 1 atom stereocenters. The monoisotopic (exact) mass is 391 g/mol. The van der Waals surface area contributed by atoms with Crippen LogP contribution in [0, 0.1) is 6.92 Å². The van der Waals surface area contributed by atoms with Crippen molar-refractivity contribution in [3.63, 3.8) is 0 Å². The van der Waals surface area contributed by atoms with Gasteiger partial charge in [0.2, 0.25) is 0 Å². The largest absolute Gasteiger partial charge is 0.345 e. The second kappa shape index (κ2) is 6.45. The number of aryl methyl sites for hydroxylation is 2. The Kier molecular flexibility index (Phi) is 4.55. The van der Waals surface area contributed by atoms with Crippen molar-refractivity contribution in [1.29, 1.82) is 0 Å². The van der Waals surface area contributed by atoms with Crippen LogP contribution in [-0.4, -0.2) is 15.7 Å². The van der Waals surface area contributed by atoms with Crippen LogP contribution in [0.5, 0.6) is 0 Å². The molecule has 1 N–H and O–H groups in total. The van der Waals surface area contributed by atoms with Crippen LogP contribution in [0.2, 0.25) is 0 Å². The van der Waals surface area contributed by atoms with Crippen molar-refractivity contribution >= 4 is 43.4 Å². The van der Waals surface area contributed by atoms with Gasteiger partial charge in [0.25, 0.3) is 5.91 Å². The molecule has 0 spiro atoms. The summed E-state index contributed by atoms with van der Waals surface area (Å²) in [5.74, 6) is -0.0274. The van der Waals surface area contributed by atoms with Gasteiger partial charge in [-0.15, -0.1) is 11.3 Å². The van der Waals surface area contributed by atoms with Gasteiger partial charge in [0, 0.05) is 16.9 Å². The van der Waals surface area contributed by atoms with Crippen LogP contribution < -0.4 is 5.32 Å². The van der Waals surface area contributed by atoms with Crippen LogP contribution in [0.15, 0.2) is 34.8 Å². The molecule has 23 heavy (non-hydrogen) atoms. The number of carbonyl (C=O) groups is 1. The lowest BCUT2D eigenvalue weighted by molar-refractivity contribution is 0.0940. The fourth-order valence-corrected chi connectivity index (χ4v) is 3.95. The zero-order valence-electron chi connectivity index (χ0n) is 13.3. The van der Waals surface area contributed by atoms with Crippen LogP contribution in [0.4, 0.5) is 0 Å². The molecule has 3 aromatic rings. The highest BCUT2D eigenvalue weighted by Crippen LogP contribution is 2.28. The Hall–Kier alpha value is -1.66. The number of carbonyl (C=O) groups excluding carboxylic acids is 1. The SMILES string of the molecule is CC[C@@H](NC(=O)c1cc2c(C)nn(C)c2s1)c1ccc(Br)cc1. The van der Waals surface area contributed by atoms with Crippen molar-refractivity contribution in [3.05, 3.63) is 50.9 Å². The Balaban J connectivity index is 1.83. The summed E-state index contributed by atoms with van der Waals surface area (Å²) in [5.41, 5.74) is 2.07. The van der Waals surface area contributed by atoms with Gasteiger partial charge in [-0.3, -0.25) is 9.48 Å². The van der Waals surface area contributed by atoms with Crippen molar-refractivity contribution in [2.75, 3.05) is 0 Å². The Morgan fingerprint density at radius 1 is 1.39 bits per heavy atom. The molecule has 2 heterocycles. The number of halogens is 1. The summed E-state index contributed by atoms with van der Waals surface area (Å²) in [7, 11) is 1.91. The van der Waals surface area contributed by atoms with E-state index >= 15 is 0 Å². The van der Waals surface area contributed by atoms with E-state index in [0.717, 1.165) is 37.2 Å². The van der Waals surface area contributed by atoms with Gasteiger partial charge >= 0.3 is 0 Å². The molecule has 1 amide bonds. The minimum absolute atomic E-state index is 0.0139. The summed E-state index contributed by atoms with van der Waals surface area (Å²) in [4.78, 5) is 14.4. The van der Waals surface area contributed by atoms with Gasteiger partial charge in [0.15, 0.2) is 0 Å². The van der Waals surface area contributed by atoms with Crippen LogP contribution in [0.25, 0.3) is 10.2 Å². The average Bonchev–Trinajstić information content (AvgIpc) is 3.08. The number of fused-ring (bicyclic) bond motifs is 1. The van der Waals surface area contributed by atoms with E-state index < -0.39 is 0 Å². The first-order valence-electron chi connectivity index (χ1n) is 7.49. The molecule has 0 saturated carbocycles. The van der Waals surface area contributed by atoms with Crippen LogP contribution in [-0.2, 0) is 7.05 Å². The standard InChI is InChI=1S/C17H18BrN3OS/c1-4-14(11-5-7-12(18)8-6-11)19-16(22)15-9-13-10(2)20-21(3)17(13)23-15/h5-9,14H,4H2,1-3H3,(H,19,22)/t14-/m1/s1. The number of hydrogen-bond donors (Lipinski definition) is 1. The summed E-state index contributed by atoms with van der Waals surface area (Å²) >= 11 is 4.92. The molecule has 0 saturated heterocycles. The summed E-state index contributed by atoms with van der Waals surface area (Å²) < 4.78 is 2.87. The summed E-state index contributed by atoms with van der Waals surface area (Å²) in [6, 6.07) is 10.0. The predicted molar refractivity (Wildman–Crippen MR) is 98.0 cm³/mol. The molecule has 0 aliphatic carbocycles. The third kappa shape index (κ3) is 3.19.